The minimum absolute atomic E-state index is 0.798. The molecule has 0 nitrogen and oxygen atoms in total. The molecule has 0 saturated carbocycles. The van der Waals surface area contributed by atoms with Gasteiger partial charge >= 0.3 is 0 Å². The Labute approximate surface area is 72.2 Å². The fraction of sp³-hybridized carbons (Fsp3) is 0.200. The van der Waals surface area contributed by atoms with Crippen LogP contribution in [0.25, 0.3) is 0 Å². The molecule has 1 rings (SSSR count). The molecule has 0 aliphatic rings. The molecule has 0 aliphatic carbocycles. The minimum Gasteiger partial charge on any atom is -0.101 e. The second kappa shape index (κ2) is 3.46. The quantitative estimate of drug-likeness (QED) is 0.517. The summed E-state index contributed by atoms with van der Waals surface area (Å²) in [4.78, 5) is 0. The van der Waals surface area contributed by atoms with Crippen molar-refractivity contribution in [1.29, 1.82) is 0 Å². The van der Waals surface area contributed by atoms with Crippen LogP contribution in [0.1, 0.15) is 18.1 Å². The van der Waals surface area contributed by atoms with Crippen molar-refractivity contribution in [3.05, 3.63) is 34.3 Å². The van der Waals surface area contributed by atoms with Crippen LogP contribution in [0, 0.1) is 18.8 Å². The average Bonchev–Trinajstić information content (AvgIpc) is 1.98. The fourth-order valence-electron chi connectivity index (χ4n) is 0.867. The lowest BCUT2D eigenvalue weighted by atomic mass is 10.1. The maximum absolute atomic E-state index is 5.83. The standard InChI is InChI=1S/C10H9Cl/c1-3-4-9-5-6-10(11)8(2)7-9/h5-7H,1-2H3. The molecule has 1 heteroatoms. The molecule has 0 radical (unpaired) electrons. The van der Waals surface area contributed by atoms with Crippen LogP contribution in [0.4, 0.5) is 0 Å². The third-order valence-electron chi connectivity index (χ3n) is 1.43. The van der Waals surface area contributed by atoms with Crippen molar-refractivity contribution >= 4 is 11.6 Å². The number of benzene rings is 1. The van der Waals surface area contributed by atoms with Crippen LogP contribution in [0.3, 0.4) is 0 Å². The van der Waals surface area contributed by atoms with Crippen LogP contribution in [-0.2, 0) is 0 Å². The summed E-state index contributed by atoms with van der Waals surface area (Å²) in [6, 6.07) is 5.78. The molecule has 0 heterocycles. The number of rotatable bonds is 0. The Morgan fingerprint density at radius 2 is 2.09 bits per heavy atom. The zero-order chi connectivity index (χ0) is 8.27. The van der Waals surface area contributed by atoms with Gasteiger partial charge in [-0.15, -0.1) is 5.92 Å². The van der Waals surface area contributed by atoms with Crippen LogP contribution in [0.5, 0.6) is 0 Å². The third kappa shape index (κ3) is 2.00. The molecule has 0 atom stereocenters. The van der Waals surface area contributed by atoms with Gasteiger partial charge in [0.1, 0.15) is 0 Å². The summed E-state index contributed by atoms with van der Waals surface area (Å²) >= 11 is 5.83. The monoisotopic (exact) mass is 164 g/mol. The second-order valence-electron chi connectivity index (χ2n) is 2.34. The normalized spacial score (nSPS) is 8.64. The molecular formula is C10H9Cl. The fourth-order valence-corrected chi connectivity index (χ4v) is 0.984. The zero-order valence-electron chi connectivity index (χ0n) is 6.61. The maximum Gasteiger partial charge on any atom is 0.0436 e. The summed E-state index contributed by atoms with van der Waals surface area (Å²) in [6.45, 7) is 3.80. The van der Waals surface area contributed by atoms with E-state index in [-0.39, 0.29) is 0 Å². The van der Waals surface area contributed by atoms with Crippen LogP contribution < -0.4 is 0 Å². The van der Waals surface area contributed by atoms with Gasteiger partial charge in [0.15, 0.2) is 0 Å². The Hall–Kier alpha value is -0.930. The third-order valence-corrected chi connectivity index (χ3v) is 1.85. The van der Waals surface area contributed by atoms with Gasteiger partial charge in [0.05, 0.1) is 0 Å². The summed E-state index contributed by atoms with van der Waals surface area (Å²) in [6.07, 6.45) is 0. The number of halogens is 1. The van der Waals surface area contributed by atoms with Crippen molar-refractivity contribution in [3.8, 4) is 11.8 Å². The van der Waals surface area contributed by atoms with E-state index in [4.69, 9.17) is 11.6 Å². The lowest BCUT2D eigenvalue weighted by molar-refractivity contribution is 1.45. The minimum atomic E-state index is 0.798. The van der Waals surface area contributed by atoms with Gasteiger partial charge < -0.3 is 0 Å². The number of aryl methyl sites for hydroxylation is 1. The van der Waals surface area contributed by atoms with Crippen LogP contribution in [-0.4, -0.2) is 0 Å². The molecular weight excluding hydrogens is 156 g/mol. The summed E-state index contributed by atoms with van der Waals surface area (Å²) in [5.74, 6) is 5.80. The summed E-state index contributed by atoms with van der Waals surface area (Å²) < 4.78 is 0. The van der Waals surface area contributed by atoms with Gasteiger partial charge in [0.2, 0.25) is 0 Å². The Bertz CT molecular complexity index is 315. The predicted molar refractivity (Wildman–Crippen MR) is 48.7 cm³/mol. The van der Waals surface area contributed by atoms with E-state index in [1.54, 1.807) is 0 Å². The largest absolute Gasteiger partial charge is 0.101 e. The first kappa shape index (κ1) is 8.17. The van der Waals surface area contributed by atoms with E-state index in [0.29, 0.717) is 0 Å². The van der Waals surface area contributed by atoms with E-state index < -0.39 is 0 Å². The van der Waals surface area contributed by atoms with Crippen molar-refractivity contribution < 1.29 is 0 Å². The zero-order valence-corrected chi connectivity index (χ0v) is 7.37. The molecule has 0 fully saturated rings. The van der Waals surface area contributed by atoms with Gasteiger partial charge in [-0.3, -0.25) is 0 Å². The SMILES string of the molecule is CC#Cc1ccc(Cl)c(C)c1. The molecule has 1 aromatic rings. The molecule has 1 aromatic carbocycles. The van der Waals surface area contributed by atoms with Crippen molar-refractivity contribution in [2.45, 2.75) is 13.8 Å². The summed E-state index contributed by atoms with van der Waals surface area (Å²) in [5, 5.41) is 0.798. The summed E-state index contributed by atoms with van der Waals surface area (Å²) in [5.41, 5.74) is 2.10. The topological polar surface area (TPSA) is 0 Å². The lowest BCUT2D eigenvalue weighted by Crippen LogP contribution is -1.77. The van der Waals surface area contributed by atoms with Crippen molar-refractivity contribution in [2.24, 2.45) is 0 Å². The highest BCUT2D eigenvalue weighted by Gasteiger charge is 1.93. The Kier molecular flexibility index (Phi) is 2.57. The van der Waals surface area contributed by atoms with Gasteiger partial charge in [-0.05, 0) is 37.6 Å². The van der Waals surface area contributed by atoms with E-state index >= 15 is 0 Å². The van der Waals surface area contributed by atoms with Gasteiger partial charge in [-0.2, -0.15) is 0 Å². The summed E-state index contributed by atoms with van der Waals surface area (Å²) in [7, 11) is 0. The lowest BCUT2D eigenvalue weighted by Gasteiger charge is -1.96. The Morgan fingerprint density at radius 3 is 2.64 bits per heavy atom. The van der Waals surface area contributed by atoms with Crippen LogP contribution in [0.2, 0.25) is 5.02 Å². The molecule has 0 bridgehead atoms. The van der Waals surface area contributed by atoms with Crippen LogP contribution >= 0.6 is 11.6 Å². The number of hydrogen-bond acceptors (Lipinski definition) is 0. The predicted octanol–water partition coefficient (Wildman–Crippen LogP) is 3.02. The molecule has 0 aliphatic heterocycles. The van der Waals surface area contributed by atoms with Gasteiger partial charge in [0, 0.05) is 10.6 Å². The molecule has 0 amide bonds. The highest BCUT2D eigenvalue weighted by Crippen LogP contribution is 2.15. The molecule has 0 saturated heterocycles. The molecule has 0 N–H and O–H groups in total. The van der Waals surface area contributed by atoms with Crippen molar-refractivity contribution in [3.63, 3.8) is 0 Å². The maximum atomic E-state index is 5.83. The Morgan fingerprint density at radius 1 is 1.36 bits per heavy atom. The number of hydrogen-bond donors (Lipinski definition) is 0. The molecule has 11 heavy (non-hydrogen) atoms. The molecule has 56 valence electrons. The first-order valence-corrected chi connectivity index (χ1v) is 3.80. The van der Waals surface area contributed by atoms with E-state index in [9.17, 15) is 0 Å². The van der Waals surface area contributed by atoms with Gasteiger partial charge in [-0.25, -0.2) is 0 Å². The Balaban J connectivity index is 3.12. The van der Waals surface area contributed by atoms with E-state index in [1.165, 1.54) is 0 Å². The molecule has 0 spiro atoms. The van der Waals surface area contributed by atoms with Crippen molar-refractivity contribution in [2.75, 3.05) is 0 Å². The highest BCUT2D eigenvalue weighted by atomic mass is 35.5. The molecule has 0 aromatic heterocycles. The average molecular weight is 165 g/mol. The van der Waals surface area contributed by atoms with Gasteiger partial charge in [0.25, 0.3) is 0 Å². The van der Waals surface area contributed by atoms with Crippen molar-refractivity contribution in [1.82, 2.24) is 0 Å². The van der Waals surface area contributed by atoms with Crippen LogP contribution in [0.15, 0.2) is 18.2 Å². The first-order chi connectivity index (χ1) is 5.24. The highest BCUT2D eigenvalue weighted by molar-refractivity contribution is 6.31. The second-order valence-corrected chi connectivity index (χ2v) is 2.75. The first-order valence-electron chi connectivity index (χ1n) is 3.43. The van der Waals surface area contributed by atoms with Gasteiger partial charge in [-0.1, -0.05) is 17.5 Å². The van der Waals surface area contributed by atoms with E-state index in [2.05, 4.69) is 11.8 Å². The van der Waals surface area contributed by atoms with E-state index in [0.717, 1.165) is 16.1 Å². The smallest absolute Gasteiger partial charge is 0.0436 e. The molecule has 0 unspecified atom stereocenters. The van der Waals surface area contributed by atoms with E-state index in [1.807, 2.05) is 32.0 Å².